The highest BCUT2D eigenvalue weighted by Gasteiger charge is 2.63. The topological polar surface area (TPSA) is 139 Å². The molecule has 2 aromatic rings. The van der Waals surface area contributed by atoms with Crippen LogP contribution in [0.5, 0.6) is 0 Å². The molecule has 2 heterocycles. The maximum absolute atomic E-state index is 13.4. The number of carbonyl (C=O) groups is 4. The van der Waals surface area contributed by atoms with Crippen molar-refractivity contribution in [3.05, 3.63) is 36.0 Å². The molecule has 1 aromatic heterocycles. The molecule has 12 nitrogen and oxygen atoms in total. The van der Waals surface area contributed by atoms with E-state index in [2.05, 4.69) is 15.3 Å². The van der Waals surface area contributed by atoms with Gasteiger partial charge < -0.3 is 25.1 Å². The van der Waals surface area contributed by atoms with Crippen molar-refractivity contribution in [3.8, 4) is 0 Å². The maximum Gasteiger partial charge on any atom is 0.471 e. The van der Waals surface area contributed by atoms with Gasteiger partial charge in [-0.2, -0.15) is 18.2 Å². The van der Waals surface area contributed by atoms with E-state index >= 15 is 0 Å². The zero-order valence-corrected chi connectivity index (χ0v) is 23.6. The van der Waals surface area contributed by atoms with E-state index in [1.807, 2.05) is 13.8 Å². The molecule has 0 bridgehead atoms. The molecule has 1 aliphatic heterocycles. The fraction of sp³-hybridized carbons (Fsp3) is 0.481. The number of hydrogen-bond donors (Lipinski definition) is 2. The number of carbonyl (C=O) groups excluding carboxylic acids is 3. The van der Waals surface area contributed by atoms with Crippen LogP contribution in [0.4, 0.5) is 41.1 Å². The number of nitrogens with zero attached hydrogens (tertiary/aromatic N) is 6. The molecule has 1 saturated carbocycles. The van der Waals surface area contributed by atoms with Gasteiger partial charge in [-0.1, -0.05) is 12.1 Å². The minimum absolute atomic E-state index is 0.134. The molecule has 4 rings (SSSR count). The number of hydrogen-bond acceptors (Lipinski definition) is 8. The standard InChI is InChI=1S/C27H32F3N7O5/c1-5-35(6-2)24-31-15-19(36(7-3)23(41)27(28,29)30)20(33-24)32-18(21(38)39)14-16-8-10-17(11-9-16)37-22(40)26(12-13-26)34(4)25(37)42/h8-11,15,18H,5-7,12-14H2,1-4H3,(H,38,39)(H,31,32,33). The first kappa shape index (κ1) is 30.5. The summed E-state index contributed by atoms with van der Waals surface area (Å²) in [6.07, 6.45) is -3.05. The molecule has 1 unspecified atom stereocenters. The summed E-state index contributed by atoms with van der Waals surface area (Å²) >= 11 is 0. The number of aliphatic carboxylic acids is 1. The molecule has 2 aliphatic rings. The van der Waals surface area contributed by atoms with E-state index in [4.69, 9.17) is 0 Å². The predicted octanol–water partition coefficient (Wildman–Crippen LogP) is 3.28. The van der Waals surface area contributed by atoms with Crippen molar-refractivity contribution < 1.29 is 37.5 Å². The Kier molecular flexibility index (Phi) is 8.32. The number of benzene rings is 1. The van der Waals surface area contributed by atoms with Crippen LogP contribution in [0, 0.1) is 0 Å². The van der Waals surface area contributed by atoms with Crippen LogP contribution in [0.25, 0.3) is 0 Å². The van der Waals surface area contributed by atoms with Gasteiger partial charge >= 0.3 is 24.1 Å². The highest BCUT2D eigenvalue weighted by Crippen LogP contribution is 2.48. The first-order chi connectivity index (χ1) is 19.8. The lowest BCUT2D eigenvalue weighted by molar-refractivity contribution is -0.170. The summed E-state index contributed by atoms with van der Waals surface area (Å²) in [6.45, 7) is 5.58. The first-order valence-electron chi connectivity index (χ1n) is 13.5. The Labute approximate surface area is 240 Å². The molecular formula is C27H32F3N7O5. The number of carboxylic acids is 1. The first-order valence-corrected chi connectivity index (χ1v) is 13.5. The fourth-order valence-electron chi connectivity index (χ4n) is 4.95. The van der Waals surface area contributed by atoms with E-state index in [0.717, 1.165) is 11.1 Å². The van der Waals surface area contributed by atoms with Crippen LogP contribution in [0.3, 0.4) is 0 Å². The van der Waals surface area contributed by atoms with Gasteiger partial charge in [0.15, 0.2) is 5.82 Å². The lowest BCUT2D eigenvalue weighted by atomic mass is 10.0. The number of carboxylic acid groups (broad SMARTS) is 1. The van der Waals surface area contributed by atoms with Gasteiger partial charge in [-0.25, -0.2) is 19.5 Å². The molecule has 2 fully saturated rings. The van der Waals surface area contributed by atoms with Crippen LogP contribution in [0.15, 0.2) is 30.5 Å². The SMILES string of the molecule is CCN(CC)c1ncc(N(CC)C(=O)C(F)(F)F)c(NC(Cc2ccc(N3C(=O)N(C)C4(CC4)C3=O)cc2)C(=O)O)n1. The van der Waals surface area contributed by atoms with E-state index in [-0.39, 0.29) is 36.3 Å². The predicted molar refractivity (Wildman–Crippen MR) is 147 cm³/mol. The van der Waals surface area contributed by atoms with Gasteiger partial charge in [-0.15, -0.1) is 0 Å². The lowest BCUT2D eigenvalue weighted by Crippen LogP contribution is -2.42. The van der Waals surface area contributed by atoms with Crippen molar-refractivity contribution >= 4 is 47.0 Å². The lowest BCUT2D eigenvalue weighted by Gasteiger charge is -2.27. The van der Waals surface area contributed by atoms with E-state index < -0.39 is 35.7 Å². The van der Waals surface area contributed by atoms with E-state index in [9.17, 15) is 37.5 Å². The summed E-state index contributed by atoms with van der Waals surface area (Å²) in [4.78, 5) is 63.2. The fourth-order valence-corrected chi connectivity index (χ4v) is 4.95. The Morgan fingerprint density at radius 3 is 2.19 bits per heavy atom. The van der Waals surface area contributed by atoms with Gasteiger partial charge in [-0.05, 0) is 51.3 Å². The minimum Gasteiger partial charge on any atom is -0.480 e. The second-order valence-electron chi connectivity index (χ2n) is 10.0. The molecule has 1 spiro atoms. The Balaban J connectivity index is 1.62. The second kappa shape index (κ2) is 11.4. The van der Waals surface area contributed by atoms with Crippen molar-refractivity contribution in [2.24, 2.45) is 0 Å². The molecule has 4 amide bonds. The molecule has 42 heavy (non-hydrogen) atoms. The largest absolute Gasteiger partial charge is 0.480 e. The average molecular weight is 592 g/mol. The Morgan fingerprint density at radius 1 is 1.10 bits per heavy atom. The average Bonchev–Trinajstić information content (AvgIpc) is 3.74. The number of halogens is 3. The smallest absolute Gasteiger partial charge is 0.471 e. The molecule has 2 N–H and O–H groups in total. The number of imide groups is 1. The van der Waals surface area contributed by atoms with Crippen molar-refractivity contribution in [1.82, 2.24) is 14.9 Å². The quantitative estimate of drug-likeness (QED) is 0.377. The van der Waals surface area contributed by atoms with E-state index in [1.165, 1.54) is 24.0 Å². The van der Waals surface area contributed by atoms with Crippen LogP contribution in [0.1, 0.15) is 39.2 Å². The molecule has 226 valence electrons. The summed E-state index contributed by atoms with van der Waals surface area (Å²) in [5.41, 5.74) is -0.255. The normalized spacial score (nSPS) is 16.5. The number of nitrogens with one attached hydrogen (secondary N) is 1. The summed E-state index contributed by atoms with van der Waals surface area (Å²) < 4.78 is 40.1. The third kappa shape index (κ3) is 5.54. The number of rotatable bonds is 11. The van der Waals surface area contributed by atoms with Crippen LogP contribution in [-0.4, -0.2) is 88.2 Å². The van der Waals surface area contributed by atoms with Crippen LogP contribution >= 0.6 is 0 Å². The number of likely N-dealkylation sites (N-methyl/N-ethyl adjacent to an activating group) is 1. The van der Waals surface area contributed by atoms with Gasteiger partial charge in [0.05, 0.1) is 11.9 Å². The third-order valence-electron chi connectivity index (χ3n) is 7.59. The molecule has 15 heteroatoms. The third-order valence-corrected chi connectivity index (χ3v) is 7.59. The molecular weight excluding hydrogens is 559 g/mol. The van der Waals surface area contributed by atoms with E-state index in [1.54, 1.807) is 24.1 Å². The summed E-state index contributed by atoms with van der Waals surface area (Å²) in [5.74, 6) is -3.86. The van der Waals surface area contributed by atoms with Crippen LogP contribution < -0.4 is 20.0 Å². The Hall–Kier alpha value is -4.43. The summed E-state index contributed by atoms with van der Waals surface area (Å²) in [6, 6.07) is 4.40. The molecule has 1 saturated heterocycles. The number of aromatic nitrogens is 2. The molecule has 1 aliphatic carbocycles. The molecule has 0 radical (unpaired) electrons. The monoisotopic (exact) mass is 591 g/mol. The summed E-state index contributed by atoms with van der Waals surface area (Å²) in [5, 5.41) is 12.7. The minimum atomic E-state index is -5.18. The summed E-state index contributed by atoms with van der Waals surface area (Å²) in [7, 11) is 1.58. The second-order valence-corrected chi connectivity index (χ2v) is 10.0. The van der Waals surface area contributed by atoms with Gasteiger partial charge in [0.2, 0.25) is 5.95 Å². The number of amides is 4. The van der Waals surface area contributed by atoms with E-state index in [0.29, 0.717) is 42.1 Å². The van der Waals surface area contributed by atoms with Gasteiger partial charge in [0.25, 0.3) is 5.91 Å². The number of alkyl halides is 3. The van der Waals surface area contributed by atoms with Gasteiger partial charge in [-0.3, -0.25) is 9.59 Å². The molecule has 1 atom stereocenters. The maximum atomic E-state index is 13.4. The van der Waals surface area contributed by atoms with Crippen LogP contribution in [-0.2, 0) is 20.8 Å². The Morgan fingerprint density at radius 2 is 1.71 bits per heavy atom. The van der Waals surface area contributed by atoms with Crippen molar-refractivity contribution in [2.45, 2.75) is 57.8 Å². The van der Waals surface area contributed by atoms with Crippen molar-refractivity contribution in [3.63, 3.8) is 0 Å². The van der Waals surface area contributed by atoms with Crippen molar-refractivity contribution in [2.75, 3.05) is 46.7 Å². The Bertz CT molecular complexity index is 1380. The molecule has 1 aromatic carbocycles. The van der Waals surface area contributed by atoms with Gasteiger partial charge in [0.1, 0.15) is 17.3 Å². The van der Waals surface area contributed by atoms with Crippen LogP contribution in [0.2, 0.25) is 0 Å². The zero-order chi connectivity index (χ0) is 31.0. The zero-order valence-electron chi connectivity index (χ0n) is 23.6. The highest BCUT2D eigenvalue weighted by atomic mass is 19.4. The number of anilines is 4. The highest BCUT2D eigenvalue weighted by molar-refractivity contribution is 6.24. The van der Waals surface area contributed by atoms with Crippen molar-refractivity contribution in [1.29, 1.82) is 0 Å². The van der Waals surface area contributed by atoms with Gasteiger partial charge in [0, 0.05) is 33.1 Å². The number of urea groups is 1.